The summed E-state index contributed by atoms with van der Waals surface area (Å²) in [6.45, 7) is 2.81. The van der Waals surface area contributed by atoms with Gasteiger partial charge in [-0.2, -0.15) is 0 Å². The fraction of sp³-hybridized carbons (Fsp3) is 0.375. The summed E-state index contributed by atoms with van der Waals surface area (Å²) in [5.41, 5.74) is 13.3. The number of benzene rings is 1. The molecule has 1 aromatic carbocycles. The van der Waals surface area contributed by atoms with E-state index in [2.05, 4.69) is 16.0 Å². The molecule has 3 rings (SSSR count). The Bertz CT molecular complexity index is 662. The number of piperidine rings is 1. The summed E-state index contributed by atoms with van der Waals surface area (Å²) in [7, 11) is 0. The van der Waals surface area contributed by atoms with Crippen molar-refractivity contribution in [2.45, 2.75) is 12.8 Å². The van der Waals surface area contributed by atoms with Gasteiger partial charge in [0, 0.05) is 24.2 Å². The molecule has 21 heavy (non-hydrogen) atoms. The maximum Gasteiger partial charge on any atom is 0.267 e. The van der Waals surface area contributed by atoms with E-state index in [1.165, 1.54) is 0 Å². The topological polar surface area (TPSA) is 85.2 Å². The minimum Gasteiger partial charge on any atom is -0.371 e. The molecule has 1 aromatic heterocycles. The molecule has 1 fully saturated rings. The van der Waals surface area contributed by atoms with Gasteiger partial charge < -0.3 is 16.4 Å². The van der Waals surface area contributed by atoms with Crippen LogP contribution in [-0.4, -0.2) is 30.5 Å². The van der Waals surface area contributed by atoms with Gasteiger partial charge in [-0.1, -0.05) is 12.1 Å². The van der Waals surface area contributed by atoms with Crippen molar-refractivity contribution in [3.05, 3.63) is 36.0 Å². The molecule has 4 N–H and O–H groups in total. The molecule has 2 heterocycles. The minimum atomic E-state index is -0.494. The maximum atomic E-state index is 11.2. The molecule has 2 aromatic rings. The number of hydrogen-bond donors (Lipinski definition) is 2. The van der Waals surface area contributed by atoms with E-state index < -0.39 is 5.91 Å². The summed E-state index contributed by atoms with van der Waals surface area (Å²) in [5.74, 6) is 0.146. The van der Waals surface area contributed by atoms with Crippen LogP contribution >= 0.6 is 0 Å². The fourth-order valence-corrected chi connectivity index (χ4v) is 2.87. The molecule has 0 bridgehead atoms. The van der Waals surface area contributed by atoms with E-state index in [1.807, 2.05) is 18.2 Å². The molecule has 0 aliphatic carbocycles. The van der Waals surface area contributed by atoms with Gasteiger partial charge in [0.2, 0.25) is 0 Å². The number of carbonyl (C=O) groups is 1. The zero-order valence-electron chi connectivity index (χ0n) is 12.0. The lowest BCUT2D eigenvalue weighted by molar-refractivity contribution is 0.0996. The molecule has 0 spiro atoms. The van der Waals surface area contributed by atoms with Gasteiger partial charge in [-0.3, -0.25) is 4.79 Å². The molecule has 1 amide bonds. The van der Waals surface area contributed by atoms with Gasteiger partial charge in [0.15, 0.2) is 0 Å². The van der Waals surface area contributed by atoms with E-state index in [-0.39, 0.29) is 0 Å². The second-order valence-corrected chi connectivity index (χ2v) is 5.60. The Balaban J connectivity index is 1.88. The monoisotopic (exact) mass is 284 g/mol. The molecule has 1 saturated heterocycles. The number of fused-ring (bicyclic) bond motifs is 1. The molecule has 5 nitrogen and oxygen atoms in total. The quantitative estimate of drug-likeness (QED) is 0.894. The highest BCUT2D eigenvalue weighted by Gasteiger charge is 2.18. The molecule has 0 atom stereocenters. The summed E-state index contributed by atoms with van der Waals surface area (Å²) < 4.78 is 0. The van der Waals surface area contributed by atoms with Gasteiger partial charge in [0.1, 0.15) is 5.69 Å². The molecule has 110 valence electrons. The molecule has 5 heteroatoms. The van der Waals surface area contributed by atoms with Gasteiger partial charge in [-0.05, 0) is 43.5 Å². The van der Waals surface area contributed by atoms with Crippen molar-refractivity contribution in [3.8, 4) is 0 Å². The molecule has 0 saturated carbocycles. The predicted molar refractivity (Wildman–Crippen MR) is 84.3 cm³/mol. The first-order valence-electron chi connectivity index (χ1n) is 7.33. The van der Waals surface area contributed by atoms with Crippen LogP contribution < -0.4 is 16.4 Å². The van der Waals surface area contributed by atoms with Gasteiger partial charge in [-0.25, -0.2) is 4.98 Å². The van der Waals surface area contributed by atoms with Gasteiger partial charge in [0.05, 0.1) is 5.52 Å². The van der Waals surface area contributed by atoms with Crippen molar-refractivity contribution in [2.75, 3.05) is 24.5 Å². The van der Waals surface area contributed by atoms with Crippen molar-refractivity contribution in [3.63, 3.8) is 0 Å². The summed E-state index contributed by atoms with van der Waals surface area (Å²) in [6, 6.07) is 9.72. The Morgan fingerprint density at radius 2 is 1.95 bits per heavy atom. The third-order valence-electron chi connectivity index (χ3n) is 4.24. The number of pyridine rings is 1. The first kappa shape index (κ1) is 13.8. The first-order valence-corrected chi connectivity index (χ1v) is 7.33. The van der Waals surface area contributed by atoms with E-state index >= 15 is 0 Å². The molecular weight excluding hydrogens is 264 g/mol. The van der Waals surface area contributed by atoms with Crippen LogP contribution in [0.3, 0.4) is 0 Å². The largest absolute Gasteiger partial charge is 0.371 e. The van der Waals surface area contributed by atoms with Gasteiger partial charge >= 0.3 is 0 Å². The molecular formula is C16H20N4O. The van der Waals surface area contributed by atoms with Crippen LogP contribution in [0.2, 0.25) is 0 Å². The summed E-state index contributed by atoms with van der Waals surface area (Å²) in [6.07, 6.45) is 2.26. The van der Waals surface area contributed by atoms with Crippen LogP contribution in [0.1, 0.15) is 23.3 Å². The molecule has 0 radical (unpaired) electrons. The lowest BCUT2D eigenvalue weighted by atomic mass is 9.96. The summed E-state index contributed by atoms with van der Waals surface area (Å²) >= 11 is 0. The Hall–Kier alpha value is -2.14. The Morgan fingerprint density at radius 1 is 1.24 bits per heavy atom. The van der Waals surface area contributed by atoms with Crippen molar-refractivity contribution < 1.29 is 4.79 Å². The summed E-state index contributed by atoms with van der Waals surface area (Å²) in [4.78, 5) is 17.9. The van der Waals surface area contributed by atoms with E-state index in [0.29, 0.717) is 11.6 Å². The smallest absolute Gasteiger partial charge is 0.267 e. The number of aromatic nitrogens is 1. The van der Waals surface area contributed by atoms with E-state index in [0.717, 1.165) is 49.1 Å². The maximum absolute atomic E-state index is 11.2. The van der Waals surface area contributed by atoms with Gasteiger partial charge in [-0.15, -0.1) is 0 Å². The fourth-order valence-electron chi connectivity index (χ4n) is 2.87. The molecule has 0 unspecified atom stereocenters. The first-order chi connectivity index (χ1) is 10.2. The van der Waals surface area contributed by atoms with Crippen molar-refractivity contribution in [1.82, 2.24) is 4.98 Å². The second-order valence-electron chi connectivity index (χ2n) is 5.60. The summed E-state index contributed by atoms with van der Waals surface area (Å²) in [5, 5.41) is 1.01. The van der Waals surface area contributed by atoms with Gasteiger partial charge in [0.25, 0.3) is 5.91 Å². The average molecular weight is 284 g/mol. The van der Waals surface area contributed by atoms with Crippen LogP contribution in [0.4, 0.5) is 5.69 Å². The second kappa shape index (κ2) is 5.69. The third-order valence-corrected chi connectivity index (χ3v) is 4.24. The highest BCUT2D eigenvalue weighted by Crippen LogP contribution is 2.25. The van der Waals surface area contributed by atoms with Crippen molar-refractivity contribution in [2.24, 2.45) is 17.4 Å². The van der Waals surface area contributed by atoms with Crippen LogP contribution in [-0.2, 0) is 0 Å². The number of anilines is 1. The predicted octanol–water partition coefficient (Wildman–Crippen LogP) is 1.51. The standard InChI is InChI=1S/C16H20N4O/c17-10-11-5-7-20(8-6-11)13-3-1-12-2-4-14(16(18)21)19-15(12)9-13/h1-4,9,11H,5-8,10,17H2,(H2,18,21). The van der Waals surface area contributed by atoms with E-state index in [4.69, 9.17) is 11.5 Å². The van der Waals surface area contributed by atoms with E-state index in [9.17, 15) is 4.79 Å². The highest BCUT2D eigenvalue weighted by atomic mass is 16.1. The number of nitrogens with zero attached hydrogens (tertiary/aromatic N) is 2. The SMILES string of the molecule is NCC1CCN(c2ccc3ccc(C(N)=O)nc3c2)CC1. The van der Waals surface area contributed by atoms with Crippen LogP contribution in [0.5, 0.6) is 0 Å². The lowest BCUT2D eigenvalue weighted by Gasteiger charge is -2.33. The number of nitrogens with two attached hydrogens (primary N) is 2. The van der Waals surface area contributed by atoms with Crippen molar-refractivity contribution >= 4 is 22.5 Å². The average Bonchev–Trinajstić information content (AvgIpc) is 2.54. The number of amides is 1. The normalized spacial score (nSPS) is 16.3. The van der Waals surface area contributed by atoms with E-state index in [1.54, 1.807) is 6.07 Å². The zero-order chi connectivity index (χ0) is 14.8. The molecule has 1 aliphatic heterocycles. The zero-order valence-corrected chi connectivity index (χ0v) is 12.0. The minimum absolute atomic E-state index is 0.307. The number of primary amides is 1. The van der Waals surface area contributed by atoms with Crippen LogP contribution in [0.25, 0.3) is 10.9 Å². The van der Waals surface area contributed by atoms with Crippen molar-refractivity contribution in [1.29, 1.82) is 0 Å². The number of hydrogen-bond acceptors (Lipinski definition) is 4. The highest BCUT2D eigenvalue weighted by molar-refractivity contribution is 5.94. The Kier molecular flexibility index (Phi) is 3.75. The Morgan fingerprint density at radius 3 is 2.62 bits per heavy atom. The number of rotatable bonds is 3. The van der Waals surface area contributed by atoms with Crippen LogP contribution in [0.15, 0.2) is 30.3 Å². The third kappa shape index (κ3) is 2.83. The lowest BCUT2D eigenvalue weighted by Crippen LogP contribution is -2.36. The molecule has 1 aliphatic rings. The Labute approximate surface area is 123 Å². The van der Waals surface area contributed by atoms with Crippen LogP contribution in [0, 0.1) is 5.92 Å². The number of carbonyl (C=O) groups excluding carboxylic acids is 1.